The van der Waals surface area contributed by atoms with Crippen molar-refractivity contribution >= 4 is 22.7 Å². The minimum absolute atomic E-state index is 0.00225. The lowest BCUT2D eigenvalue weighted by Crippen LogP contribution is -2.63. The maximum Gasteiger partial charge on any atom is 0.246 e. The van der Waals surface area contributed by atoms with E-state index in [1.165, 1.54) is 0 Å². The second-order valence-electron chi connectivity index (χ2n) is 8.81. The van der Waals surface area contributed by atoms with E-state index in [9.17, 15) is 9.59 Å². The van der Waals surface area contributed by atoms with Gasteiger partial charge in [0.05, 0.1) is 19.7 Å². The number of carbonyl (C=O) groups is 2. The van der Waals surface area contributed by atoms with E-state index >= 15 is 0 Å². The topological polar surface area (TPSA) is 85.9 Å². The maximum atomic E-state index is 13.6. The third-order valence-electron chi connectivity index (χ3n) is 6.84. The van der Waals surface area contributed by atoms with Crippen LogP contribution in [-0.4, -0.2) is 64.6 Å². The predicted molar refractivity (Wildman–Crippen MR) is 125 cm³/mol. The van der Waals surface area contributed by atoms with Crippen molar-refractivity contribution in [1.82, 2.24) is 14.8 Å². The van der Waals surface area contributed by atoms with Crippen LogP contribution in [0.1, 0.15) is 42.1 Å². The Kier molecular flexibility index (Phi) is 5.81. The zero-order valence-corrected chi connectivity index (χ0v) is 18.8. The highest BCUT2D eigenvalue weighted by Gasteiger charge is 2.48. The number of fused-ring (bicyclic) bond motifs is 4. The van der Waals surface area contributed by atoms with Crippen LogP contribution in [-0.2, 0) is 16.0 Å². The molecule has 1 aromatic heterocycles. The van der Waals surface area contributed by atoms with Crippen molar-refractivity contribution in [3.8, 4) is 5.75 Å². The number of methoxy groups -OCH3 is 1. The minimum Gasteiger partial charge on any atom is -0.497 e. The Bertz CT molecular complexity index is 1190. The van der Waals surface area contributed by atoms with E-state index in [2.05, 4.69) is 11.1 Å². The van der Waals surface area contributed by atoms with Gasteiger partial charge in [0.15, 0.2) is 0 Å². The monoisotopic (exact) mass is 447 g/mol. The van der Waals surface area contributed by atoms with E-state index in [1.54, 1.807) is 16.9 Å². The van der Waals surface area contributed by atoms with Gasteiger partial charge in [-0.05, 0) is 48.6 Å². The quantitative estimate of drug-likeness (QED) is 0.545. The van der Waals surface area contributed by atoms with Crippen molar-refractivity contribution in [3.63, 3.8) is 0 Å². The van der Waals surface area contributed by atoms with Gasteiger partial charge in [0, 0.05) is 36.2 Å². The van der Waals surface area contributed by atoms with Crippen LogP contribution < -0.4 is 4.74 Å². The van der Waals surface area contributed by atoms with Crippen molar-refractivity contribution in [1.29, 1.82) is 0 Å². The van der Waals surface area contributed by atoms with Crippen LogP contribution in [0.25, 0.3) is 10.9 Å². The van der Waals surface area contributed by atoms with Crippen LogP contribution in [0.3, 0.4) is 0 Å². The number of aromatic amines is 1. The van der Waals surface area contributed by atoms with Gasteiger partial charge in [0.2, 0.25) is 11.8 Å². The number of rotatable bonds is 7. The molecule has 172 valence electrons. The molecule has 0 bridgehead atoms. The Hall–Kier alpha value is -3.32. The third kappa shape index (κ3) is 3.76. The molecule has 0 saturated carbocycles. The summed E-state index contributed by atoms with van der Waals surface area (Å²) < 4.78 is 5.45. The Morgan fingerprint density at radius 2 is 1.94 bits per heavy atom. The Labute approximate surface area is 192 Å². The van der Waals surface area contributed by atoms with Gasteiger partial charge in [0.1, 0.15) is 11.8 Å². The molecule has 1 fully saturated rings. The summed E-state index contributed by atoms with van der Waals surface area (Å²) in [4.78, 5) is 34.1. The first kappa shape index (κ1) is 21.5. The summed E-state index contributed by atoms with van der Waals surface area (Å²) >= 11 is 0. The molecule has 0 unspecified atom stereocenters. The molecule has 2 atom stereocenters. The molecule has 2 aromatic carbocycles. The van der Waals surface area contributed by atoms with Crippen molar-refractivity contribution in [2.24, 2.45) is 0 Å². The molecule has 2 aliphatic rings. The number of amides is 2. The van der Waals surface area contributed by atoms with Gasteiger partial charge in [-0.2, -0.15) is 0 Å². The summed E-state index contributed by atoms with van der Waals surface area (Å²) in [5.74, 6) is 0.676. The molecule has 2 N–H and O–H groups in total. The number of benzene rings is 2. The lowest BCUT2D eigenvalue weighted by Gasteiger charge is -2.47. The number of piperazine rings is 1. The second-order valence-corrected chi connectivity index (χ2v) is 8.81. The highest BCUT2D eigenvalue weighted by molar-refractivity contribution is 5.97. The van der Waals surface area contributed by atoms with Crippen molar-refractivity contribution in [2.75, 3.05) is 26.8 Å². The maximum absolute atomic E-state index is 13.6. The number of nitrogens with one attached hydrogen (secondary N) is 1. The number of aliphatic hydroxyl groups excluding tert-OH is 1. The Morgan fingerprint density at radius 1 is 1.09 bits per heavy atom. The molecule has 0 radical (unpaired) electrons. The molecule has 0 spiro atoms. The lowest BCUT2D eigenvalue weighted by atomic mass is 9.86. The fraction of sp³-hybridized carbons (Fsp3) is 0.385. The molecule has 7 heteroatoms. The molecule has 1 saturated heterocycles. The van der Waals surface area contributed by atoms with Crippen molar-refractivity contribution in [3.05, 3.63) is 65.4 Å². The van der Waals surface area contributed by atoms with Gasteiger partial charge in [-0.25, -0.2) is 0 Å². The first-order valence-electron chi connectivity index (χ1n) is 11.6. The number of aliphatic hydroxyl groups is 1. The summed E-state index contributed by atoms with van der Waals surface area (Å²) in [5, 5.41) is 10.1. The zero-order chi connectivity index (χ0) is 22.9. The number of aromatic nitrogens is 1. The van der Waals surface area contributed by atoms with Crippen LogP contribution in [0.2, 0.25) is 0 Å². The number of unbranched alkanes of at least 4 members (excludes halogenated alkanes) is 2. The summed E-state index contributed by atoms with van der Waals surface area (Å²) in [6.07, 6.45) is 2.82. The summed E-state index contributed by atoms with van der Waals surface area (Å²) in [6.45, 7) is 0.777. The number of hydrogen-bond donors (Lipinski definition) is 2. The van der Waals surface area contributed by atoms with Crippen LogP contribution in [0.15, 0.2) is 48.5 Å². The molecule has 2 amide bonds. The zero-order valence-electron chi connectivity index (χ0n) is 18.8. The molecule has 0 aliphatic carbocycles. The Morgan fingerprint density at radius 3 is 2.76 bits per heavy atom. The number of H-pyrrole nitrogens is 1. The average Bonchev–Trinajstić information content (AvgIpc) is 3.22. The van der Waals surface area contributed by atoms with E-state index in [1.807, 2.05) is 42.5 Å². The summed E-state index contributed by atoms with van der Waals surface area (Å²) in [6, 6.07) is 14.9. The molecule has 2 aliphatic heterocycles. The standard InChI is InChI=1S/C26H29N3O4/c1-33-18-9-7-8-17(14-18)25-24-20(19-10-3-4-11-21(19)27-24)15-22-26(32)28(12-5-2-6-13-30)16-23(31)29(22)25/h3-4,7-11,14,22,25,27,30H,2,5-6,12-13,15-16H2,1H3/t22-,25-/m0/s1. The predicted octanol–water partition coefficient (Wildman–Crippen LogP) is 3.02. The number of para-hydroxylation sites is 1. The first-order valence-corrected chi connectivity index (χ1v) is 11.6. The largest absolute Gasteiger partial charge is 0.497 e. The van der Waals surface area contributed by atoms with Gasteiger partial charge in [-0.1, -0.05) is 30.3 Å². The molecular weight excluding hydrogens is 418 g/mol. The van der Waals surface area contributed by atoms with Crippen LogP contribution in [0, 0.1) is 0 Å². The molecule has 33 heavy (non-hydrogen) atoms. The van der Waals surface area contributed by atoms with E-state index in [-0.39, 0.29) is 31.0 Å². The van der Waals surface area contributed by atoms with Gasteiger partial charge >= 0.3 is 0 Å². The van der Waals surface area contributed by atoms with Crippen molar-refractivity contribution in [2.45, 2.75) is 37.8 Å². The van der Waals surface area contributed by atoms with Crippen molar-refractivity contribution < 1.29 is 19.4 Å². The van der Waals surface area contributed by atoms with E-state index in [4.69, 9.17) is 9.84 Å². The molecular formula is C26H29N3O4. The second kappa shape index (κ2) is 8.90. The minimum atomic E-state index is -0.535. The van der Waals surface area contributed by atoms with E-state index < -0.39 is 6.04 Å². The molecule has 3 aromatic rings. The van der Waals surface area contributed by atoms with Gasteiger partial charge in [-0.3, -0.25) is 9.59 Å². The Balaban J connectivity index is 1.57. The molecule has 7 nitrogen and oxygen atoms in total. The summed E-state index contributed by atoms with van der Waals surface area (Å²) in [7, 11) is 1.63. The van der Waals surface area contributed by atoms with Crippen LogP contribution >= 0.6 is 0 Å². The molecule has 5 rings (SSSR count). The van der Waals surface area contributed by atoms with Gasteiger partial charge in [-0.15, -0.1) is 0 Å². The number of nitrogens with zero attached hydrogens (tertiary/aromatic N) is 2. The van der Waals surface area contributed by atoms with Gasteiger partial charge < -0.3 is 24.6 Å². The van der Waals surface area contributed by atoms with E-state index in [0.29, 0.717) is 25.1 Å². The fourth-order valence-corrected chi connectivity index (χ4v) is 5.26. The highest BCUT2D eigenvalue weighted by atomic mass is 16.5. The SMILES string of the molecule is COc1cccc([C@H]2c3[nH]c4ccccc4c3C[C@H]3C(=O)N(CCCCCO)CC(=O)N23)c1. The number of carbonyl (C=O) groups excluding carboxylic acids is 2. The summed E-state index contributed by atoms with van der Waals surface area (Å²) in [5.41, 5.74) is 4.00. The number of ether oxygens (including phenoxy) is 1. The fourth-order valence-electron chi connectivity index (χ4n) is 5.26. The van der Waals surface area contributed by atoms with Crippen LogP contribution in [0.5, 0.6) is 5.75 Å². The van der Waals surface area contributed by atoms with E-state index in [0.717, 1.165) is 40.6 Å². The number of hydrogen-bond acceptors (Lipinski definition) is 4. The normalized spacial score (nSPS) is 20.2. The first-order chi connectivity index (χ1) is 16.1. The van der Waals surface area contributed by atoms with Gasteiger partial charge in [0.25, 0.3) is 0 Å². The highest BCUT2D eigenvalue weighted by Crippen LogP contribution is 2.43. The smallest absolute Gasteiger partial charge is 0.246 e. The third-order valence-corrected chi connectivity index (χ3v) is 6.84. The van der Waals surface area contributed by atoms with Crippen LogP contribution in [0.4, 0.5) is 0 Å². The lowest BCUT2D eigenvalue weighted by molar-refractivity contribution is -0.158. The molecule has 3 heterocycles. The average molecular weight is 448 g/mol.